The molecule has 0 N–H and O–H groups in total. The Bertz CT molecular complexity index is 1980. The Morgan fingerprint density at radius 1 is 0.442 bits per heavy atom. The third-order valence-corrected chi connectivity index (χ3v) is 6.36. The summed E-state index contributed by atoms with van der Waals surface area (Å²) in [5.74, 6) is 27.5. The lowest BCUT2D eigenvalue weighted by Gasteiger charge is -2.03. The van der Waals surface area contributed by atoms with Gasteiger partial charge in [-0.1, -0.05) is 71.4 Å². The largest absolute Gasteiger partial charge is 0.497 e. The van der Waals surface area contributed by atoms with Gasteiger partial charge in [0.2, 0.25) is 0 Å². The van der Waals surface area contributed by atoms with Crippen LogP contribution < -0.4 is 9.47 Å². The van der Waals surface area contributed by atoms with Gasteiger partial charge in [-0.3, -0.25) is 0 Å². The van der Waals surface area contributed by atoms with Crippen LogP contribution in [0.15, 0.2) is 109 Å². The number of aromatic nitrogens is 1. The van der Waals surface area contributed by atoms with E-state index in [2.05, 4.69) is 54.3 Å². The van der Waals surface area contributed by atoms with Crippen molar-refractivity contribution in [3.05, 3.63) is 160 Å². The monoisotopic (exact) mass is 553 g/mol. The van der Waals surface area contributed by atoms with Crippen molar-refractivity contribution in [2.45, 2.75) is 6.92 Å². The van der Waals surface area contributed by atoms with E-state index in [1.54, 1.807) is 14.2 Å². The lowest BCUT2D eigenvalue weighted by atomic mass is 10.1. The van der Waals surface area contributed by atoms with E-state index < -0.39 is 0 Å². The van der Waals surface area contributed by atoms with Gasteiger partial charge in [-0.25, -0.2) is 4.98 Å². The molecule has 5 aromatic rings. The van der Waals surface area contributed by atoms with Crippen LogP contribution in [0.4, 0.5) is 0 Å². The molecule has 43 heavy (non-hydrogen) atoms. The van der Waals surface area contributed by atoms with Gasteiger partial charge >= 0.3 is 0 Å². The molecule has 1 aromatic heterocycles. The summed E-state index contributed by atoms with van der Waals surface area (Å²) in [7, 11) is 3.28. The van der Waals surface area contributed by atoms with Crippen molar-refractivity contribution in [1.82, 2.24) is 4.98 Å². The van der Waals surface area contributed by atoms with E-state index in [1.807, 2.05) is 109 Å². The molecule has 0 bridgehead atoms. The number of benzene rings is 4. The van der Waals surface area contributed by atoms with Gasteiger partial charge in [0.05, 0.1) is 25.3 Å². The Morgan fingerprint density at radius 2 is 0.837 bits per heavy atom. The minimum Gasteiger partial charge on any atom is -0.497 e. The predicted octanol–water partition coefficient (Wildman–Crippen LogP) is 7.01. The number of aryl methyl sites for hydroxylation is 1. The zero-order valence-electron chi connectivity index (χ0n) is 24.2. The summed E-state index contributed by atoms with van der Waals surface area (Å²) < 4.78 is 10.6. The molecule has 5 rings (SSSR count). The van der Waals surface area contributed by atoms with E-state index in [4.69, 9.17) is 14.5 Å². The van der Waals surface area contributed by atoms with Gasteiger partial charge in [0, 0.05) is 22.3 Å². The van der Waals surface area contributed by atoms with Crippen LogP contribution in [0.25, 0.3) is 0 Å². The van der Waals surface area contributed by atoms with Crippen molar-refractivity contribution >= 4 is 0 Å². The molecular formula is C40H27NO2. The Labute approximate surface area is 253 Å². The normalized spacial score (nSPS) is 9.47. The summed E-state index contributed by atoms with van der Waals surface area (Å²) in [6.07, 6.45) is 0. The van der Waals surface area contributed by atoms with Gasteiger partial charge in [-0.2, -0.15) is 0 Å². The van der Waals surface area contributed by atoms with Crippen molar-refractivity contribution in [2.24, 2.45) is 0 Å². The maximum absolute atomic E-state index is 5.28. The molecule has 0 aliphatic carbocycles. The summed E-state index contributed by atoms with van der Waals surface area (Å²) in [5.41, 5.74) is 7.04. The number of pyridine rings is 1. The van der Waals surface area contributed by atoms with Gasteiger partial charge in [-0.15, -0.1) is 0 Å². The van der Waals surface area contributed by atoms with E-state index in [-0.39, 0.29) is 0 Å². The number of methoxy groups -OCH3 is 2. The molecular weight excluding hydrogens is 526 g/mol. The van der Waals surface area contributed by atoms with Crippen LogP contribution in [0.2, 0.25) is 0 Å². The maximum Gasteiger partial charge on any atom is 0.130 e. The molecule has 0 unspecified atom stereocenters. The standard InChI is InChI=1S/C40H27NO2/c1-30-9-11-32(12-10-30)14-22-36-29-35(21-13-31-7-5-4-6-8-31)39(27-19-33-15-23-37(42-2)24-16-33)41-40(36)28-20-34-17-25-38(43-3)26-18-34/h4-12,15-18,23-26,29H,1-3H3. The highest BCUT2D eigenvalue weighted by Crippen LogP contribution is 2.15. The summed E-state index contributed by atoms with van der Waals surface area (Å²) in [5, 5.41) is 0. The molecule has 204 valence electrons. The summed E-state index contributed by atoms with van der Waals surface area (Å²) in [6, 6.07) is 35.0. The van der Waals surface area contributed by atoms with Crippen LogP contribution in [0.3, 0.4) is 0 Å². The average Bonchev–Trinajstić information content (AvgIpc) is 3.06. The lowest BCUT2D eigenvalue weighted by Crippen LogP contribution is -1.98. The first kappa shape index (κ1) is 28.4. The third-order valence-electron chi connectivity index (χ3n) is 6.36. The van der Waals surface area contributed by atoms with Crippen molar-refractivity contribution < 1.29 is 9.47 Å². The van der Waals surface area contributed by atoms with Crippen LogP contribution in [-0.2, 0) is 0 Å². The number of hydrogen-bond acceptors (Lipinski definition) is 3. The van der Waals surface area contributed by atoms with E-state index >= 15 is 0 Å². The summed E-state index contributed by atoms with van der Waals surface area (Å²) in [4.78, 5) is 4.91. The zero-order valence-corrected chi connectivity index (χ0v) is 24.2. The molecule has 0 radical (unpaired) electrons. The molecule has 1 heterocycles. The highest BCUT2D eigenvalue weighted by molar-refractivity contribution is 5.60. The summed E-state index contributed by atoms with van der Waals surface area (Å²) in [6.45, 7) is 2.05. The zero-order chi connectivity index (χ0) is 29.9. The topological polar surface area (TPSA) is 31.4 Å². The molecule has 4 aromatic carbocycles. The molecule has 0 saturated carbocycles. The summed E-state index contributed by atoms with van der Waals surface area (Å²) >= 11 is 0. The van der Waals surface area contributed by atoms with Gasteiger partial charge in [0.25, 0.3) is 0 Å². The molecule has 0 spiro atoms. The van der Waals surface area contributed by atoms with E-state index in [9.17, 15) is 0 Å². The van der Waals surface area contributed by atoms with Crippen LogP contribution in [0.1, 0.15) is 50.3 Å². The van der Waals surface area contributed by atoms with Crippen molar-refractivity contribution in [3.63, 3.8) is 0 Å². The van der Waals surface area contributed by atoms with Crippen molar-refractivity contribution in [2.75, 3.05) is 14.2 Å². The van der Waals surface area contributed by atoms with Gasteiger partial charge in [0.15, 0.2) is 0 Å². The molecule has 0 aliphatic rings. The number of ether oxygens (including phenoxy) is 2. The van der Waals surface area contributed by atoms with Crippen LogP contribution >= 0.6 is 0 Å². The SMILES string of the molecule is COc1ccc(C#Cc2nc(C#Cc3ccc(OC)cc3)c(C#Cc3ccc(C)cc3)cc2C#Cc2ccccc2)cc1. The molecule has 3 heteroatoms. The van der Waals surface area contributed by atoms with Crippen molar-refractivity contribution in [3.8, 4) is 58.9 Å². The number of hydrogen-bond donors (Lipinski definition) is 0. The molecule has 0 aliphatic heterocycles. The Hall–Kier alpha value is -6.13. The average molecular weight is 554 g/mol. The number of rotatable bonds is 2. The van der Waals surface area contributed by atoms with E-state index in [1.165, 1.54) is 5.56 Å². The Kier molecular flexibility index (Phi) is 9.23. The molecule has 3 nitrogen and oxygen atoms in total. The highest BCUT2D eigenvalue weighted by Gasteiger charge is 2.08. The smallest absolute Gasteiger partial charge is 0.130 e. The first-order valence-electron chi connectivity index (χ1n) is 13.6. The molecule has 0 amide bonds. The number of nitrogens with zero attached hydrogens (tertiary/aromatic N) is 1. The first-order valence-corrected chi connectivity index (χ1v) is 13.6. The minimum absolute atomic E-state index is 0.527. The Balaban J connectivity index is 1.65. The van der Waals surface area contributed by atoms with Gasteiger partial charge in [0.1, 0.15) is 22.9 Å². The molecule has 0 atom stereocenters. The predicted molar refractivity (Wildman–Crippen MR) is 172 cm³/mol. The maximum atomic E-state index is 5.28. The second-order valence-electron chi connectivity index (χ2n) is 9.47. The fourth-order valence-electron chi connectivity index (χ4n) is 3.94. The second kappa shape index (κ2) is 14.0. The fraction of sp³-hybridized carbons (Fsp3) is 0.0750. The quantitative estimate of drug-likeness (QED) is 0.221. The highest BCUT2D eigenvalue weighted by atomic mass is 16.5. The fourth-order valence-corrected chi connectivity index (χ4v) is 3.94. The lowest BCUT2D eigenvalue weighted by molar-refractivity contribution is 0.414. The van der Waals surface area contributed by atoms with Crippen LogP contribution in [0.5, 0.6) is 11.5 Å². The van der Waals surface area contributed by atoms with Gasteiger partial charge < -0.3 is 9.47 Å². The van der Waals surface area contributed by atoms with Crippen LogP contribution in [0, 0.1) is 54.3 Å². The van der Waals surface area contributed by atoms with E-state index in [0.29, 0.717) is 22.5 Å². The molecule has 0 saturated heterocycles. The second-order valence-corrected chi connectivity index (χ2v) is 9.47. The van der Waals surface area contributed by atoms with E-state index in [0.717, 1.165) is 33.8 Å². The molecule has 0 fully saturated rings. The van der Waals surface area contributed by atoms with Crippen molar-refractivity contribution in [1.29, 1.82) is 0 Å². The van der Waals surface area contributed by atoms with Crippen LogP contribution in [-0.4, -0.2) is 19.2 Å². The minimum atomic E-state index is 0.527. The third kappa shape index (κ3) is 7.97. The Morgan fingerprint density at radius 3 is 1.28 bits per heavy atom. The first-order chi connectivity index (χ1) is 21.1. The van der Waals surface area contributed by atoms with Gasteiger partial charge in [-0.05, 0) is 97.6 Å².